The van der Waals surface area contributed by atoms with Gasteiger partial charge in [0.15, 0.2) is 18.0 Å². The van der Waals surface area contributed by atoms with Crippen LogP contribution in [-0.2, 0) is 12.8 Å². The van der Waals surface area contributed by atoms with Gasteiger partial charge in [0, 0.05) is 66.5 Å². The number of para-hydroxylation sites is 3. The van der Waals surface area contributed by atoms with E-state index in [1.165, 1.54) is 98.5 Å². The molecule has 0 fully saturated rings. The van der Waals surface area contributed by atoms with E-state index in [9.17, 15) is 0 Å². The van der Waals surface area contributed by atoms with Gasteiger partial charge in [0.25, 0.3) is 0 Å². The molecule has 4 aromatic heterocycles. The van der Waals surface area contributed by atoms with E-state index in [2.05, 4.69) is 178 Å². The fourth-order valence-corrected chi connectivity index (χ4v) is 11.4. The van der Waals surface area contributed by atoms with Crippen LogP contribution in [0.2, 0.25) is 0 Å². The second-order valence-corrected chi connectivity index (χ2v) is 17.0. The molecule has 8 aromatic carbocycles. The predicted octanol–water partition coefficient (Wildman–Crippen LogP) is 12.0. The Morgan fingerprint density at radius 2 is 1.27 bits per heavy atom. The van der Waals surface area contributed by atoms with E-state index in [4.69, 9.17) is 10.2 Å². The molecule has 0 amide bonds. The molecule has 0 radical (unpaired) electrons. The lowest BCUT2D eigenvalue weighted by atomic mass is 9.85. The summed E-state index contributed by atoms with van der Waals surface area (Å²) in [6.45, 7) is 0. The number of aryl methyl sites for hydroxylation is 1. The standard InChI is InChI=1S/C55H38N4O/c56-55-32-24-26-35(27-25-32)58-45-22-8-6-19-40(45)48-37-17-4-5-18-38(37)49-41-21-11-20-39-43-28-33-14-10-15-34(42(33)30-46(43)59(51(39)41)53(49)52(48)58)29-44-36-16-7-9-23-47(36)60-54(44)50(57-55)31-12-2-1-3-13-31/h1-9,11-13,15-28,30,50,55,57H,10,14,29,56H2/p+1. The zero-order valence-corrected chi connectivity index (χ0v) is 32.8. The minimum absolute atomic E-state index is 0.157. The number of quaternary nitrogens is 1. The van der Waals surface area contributed by atoms with Crippen LogP contribution in [0, 0.1) is 0 Å². The minimum Gasteiger partial charge on any atom is -0.454 e. The summed E-state index contributed by atoms with van der Waals surface area (Å²) >= 11 is 0. The summed E-state index contributed by atoms with van der Waals surface area (Å²) in [4.78, 5) is 0. The number of hydrogen-bond acceptors (Lipinski definition) is 2. The van der Waals surface area contributed by atoms with Crippen LogP contribution in [0.1, 0.15) is 52.2 Å². The highest BCUT2D eigenvalue weighted by molar-refractivity contribution is 6.38. The lowest BCUT2D eigenvalue weighted by Crippen LogP contribution is -2.88. The van der Waals surface area contributed by atoms with Crippen LogP contribution in [0.25, 0.3) is 92.9 Å². The molecule has 2 unspecified atom stereocenters. The quantitative estimate of drug-likeness (QED) is 0.175. The van der Waals surface area contributed by atoms with Crippen LogP contribution in [0.4, 0.5) is 0 Å². The van der Waals surface area contributed by atoms with Crippen LogP contribution < -0.4 is 11.1 Å². The average Bonchev–Trinajstić information content (AvgIpc) is 4.04. The first kappa shape index (κ1) is 32.7. The predicted molar refractivity (Wildman–Crippen MR) is 246 cm³/mol. The number of rotatable bonds is 1. The zero-order chi connectivity index (χ0) is 39.2. The number of nitrogens with zero attached hydrogens (tertiary/aromatic N) is 2. The molecule has 3 aliphatic rings. The molecule has 6 heterocycles. The SMILES string of the molecule is NC1[NH2+]C(c2ccccc2)c2oc3ccccc3c2CC2=CCCc3cc4c5cccc6c7c8ccccc8c8c9ccccc9n(c8c7n(c4cc32)c56)-c2ccc1cc2. The Hall–Kier alpha value is -7.18. The van der Waals surface area contributed by atoms with Crippen LogP contribution >= 0.6 is 0 Å². The number of allylic oxidation sites excluding steroid dienone is 2. The maximum Gasteiger partial charge on any atom is 0.172 e. The van der Waals surface area contributed by atoms with Crippen molar-refractivity contribution in [3.05, 3.63) is 197 Å². The molecule has 12 aromatic rings. The van der Waals surface area contributed by atoms with Crippen molar-refractivity contribution in [1.29, 1.82) is 0 Å². The number of hydrogen-bond donors (Lipinski definition) is 2. The van der Waals surface area contributed by atoms with Crippen molar-refractivity contribution in [3.8, 4) is 5.69 Å². The Kier molecular flexibility index (Phi) is 6.52. The van der Waals surface area contributed by atoms with Gasteiger partial charge in [0.2, 0.25) is 0 Å². The van der Waals surface area contributed by atoms with Crippen LogP contribution in [0.5, 0.6) is 0 Å². The largest absolute Gasteiger partial charge is 0.454 e. The van der Waals surface area contributed by atoms with Crippen LogP contribution in [0.15, 0.2) is 168 Å². The highest BCUT2D eigenvalue weighted by Crippen LogP contribution is 2.49. The van der Waals surface area contributed by atoms with Gasteiger partial charge in [-0.2, -0.15) is 0 Å². The zero-order valence-electron chi connectivity index (χ0n) is 32.8. The molecule has 4 N–H and O–H groups in total. The van der Waals surface area contributed by atoms with Gasteiger partial charge in [0.1, 0.15) is 5.58 Å². The molecule has 5 heteroatoms. The maximum atomic E-state index is 7.28. The van der Waals surface area contributed by atoms with Crippen molar-refractivity contribution in [2.75, 3.05) is 0 Å². The van der Waals surface area contributed by atoms with Crippen LogP contribution in [-0.4, -0.2) is 8.97 Å². The summed E-state index contributed by atoms with van der Waals surface area (Å²) in [6, 6.07) is 58.1. The van der Waals surface area contributed by atoms with E-state index in [0.717, 1.165) is 47.2 Å². The summed E-state index contributed by atoms with van der Waals surface area (Å²) in [5.41, 5.74) is 23.1. The summed E-state index contributed by atoms with van der Waals surface area (Å²) in [7, 11) is 0. The first-order chi connectivity index (χ1) is 29.7. The normalized spacial score (nSPS) is 16.9. The Labute approximate surface area is 344 Å². The van der Waals surface area contributed by atoms with E-state index in [0.29, 0.717) is 0 Å². The third kappa shape index (κ3) is 4.27. The highest BCUT2D eigenvalue weighted by Gasteiger charge is 2.32. The third-order valence-corrected chi connectivity index (χ3v) is 13.9. The smallest absolute Gasteiger partial charge is 0.172 e. The van der Waals surface area contributed by atoms with E-state index >= 15 is 0 Å². The summed E-state index contributed by atoms with van der Waals surface area (Å²) in [5.74, 6) is 0.966. The molecule has 60 heavy (non-hydrogen) atoms. The number of fused-ring (bicyclic) bond motifs is 12. The molecule has 4 bridgehead atoms. The molecule has 284 valence electrons. The summed E-state index contributed by atoms with van der Waals surface area (Å²) in [6.07, 6.45) is 4.93. The Balaban J connectivity index is 1.17. The fraction of sp³-hybridized carbons (Fsp3) is 0.0909. The molecule has 1 aliphatic carbocycles. The molecular weight excluding hydrogens is 733 g/mol. The van der Waals surface area contributed by atoms with E-state index in [1.807, 2.05) is 0 Å². The van der Waals surface area contributed by atoms with Gasteiger partial charge in [0.05, 0.1) is 27.6 Å². The van der Waals surface area contributed by atoms with Crippen molar-refractivity contribution < 1.29 is 9.73 Å². The number of furan rings is 1. The minimum atomic E-state index is -0.344. The van der Waals surface area contributed by atoms with Gasteiger partial charge in [-0.05, 0) is 88.8 Å². The van der Waals surface area contributed by atoms with Crippen LogP contribution in [0.3, 0.4) is 0 Å². The average molecular weight is 772 g/mol. The van der Waals surface area contributed by atoms with Crippen molar-refractivity contribution in [2.45, 2.75) is 31.5 Å². The number of benzene rings is 8. The fourth-order valence-electron chi connectivity index (χ4n) is 11.4. The molecule has 2 aliphatic heterocycles. The Morgan fingerprint density at radius 3 is 2.10 bits per heavy atom. The highest BCUT2D eigenvalue weighted by atomic mass is 16.3. The van der Waals surface area contributed by atoms with E-state index in [1.54, 1.807) is 0 Å². The van der Waals surface area contributed by atoms with E-state index < -0.39 is 0 Å². The van der Waals surface area contributed by atoms with E-state index in [-0.39, 0.29) is 12.2 Å². The second-order valence-electron chi connectivity index (χ2n) is 17.0. The second kappa shape index (κ2) is 12.0. The topological polar surface area (TPSA) is 65.1 Å². The van der Waals surface area contributed by atoms with Gasteiger partial charge < -0.3 is 18.7 Å². The molecule has 5 nitrogen and oxygen atoms in total. The lowest BCUT2D eigenvalue weighted by molar-refractivity contribution is -0.727. The van der Waals surface area contributed by atoms with Gasteiger partial charge >= 0.3 is 0 Å². The first-order valence-corrected chi connectivity index (χ1v) is 21.2. The monoisotopic (exact) mass is 771 g/mol. The van der Waals surface area contributed by atoms with Crippen molar-refractivity contribution in [3.63, 3.8) is 0 Å². The Morgan fingerprint density at radius 1 is 0.567 bits per heavy atom. The number of nitrogens with two attached hydrogens (primary N) is 2. The summed E-state index contributed by atoms with van der Waals surface area (Å²) < 4.78 is 12.1. The number of aromatic nitrogens is 2. The molecule has 15 rings (SSSR count). The first-order valence-electron chi connectivity index (χ1n) is 21.2. The maximum absolute atomic E-state index is 7.28. The molecule has 0 saturated carbocycles. The van der Waals surface area contributed by atoms with Crippen molar-refractivity contribution >= 4 is 87.2 Å². The molecule has 0 saturated heterocycles. The van der Waals surface area contributed by atoms with Gasteiger partial charge in [-0.25, -0.2) is 0 Å². The van der Waals surface area contributed by atoms with Gasteiger partial charge in [-0.1, -0.05) is 115 Å². The summed E-state index contributed by atoms with van der Waals surface area (Å²) in [5, 5.41) is 13.8. The molecule has 0 spiro atoms. The Bertz CT molecular complexity index is 3790. The lowest BCUT2D eigenvalue weighted by Gasteiger charge is -2.22. The van der Waals surface area contributed by atoms with Crippen molar-refractivity contribution in [2.24, 2.45) is 5.73 Å². The molecular formula is C55H39N4O+. The molecule has 2 atom stereocenters. The third-order valence-electron chi connectivity index (χ3n) is 13.9. The van der Waals surface area contributed by atoms with Crippen molar-refractivity contribution in [1.82, 2.24) is 8.97 Å². The van der Waals surface area contributed by atoms with Gasteiger partial charge in [-0.3, -0.25) is 5.73 Å². The van der Waals surface area contributed by atoms with Gasteiger partial charge in [-0.15, -0.1) is 0 Å².